The fourth-order valence-corrected chi connectivity index (χ4v) is 6.13. The van der Waals surface area contributed by atoms with E-state index in [0.717, 1.165) is 22.5 Å². The molecule has 5 nitrogen and oxygen atoms in total. The van der Waals surface area contributed by atoms with Crippen molar-refractivity contribution in [3.63, 3.8) is 0 Å². The van der Waals surface area contributed by atoms with Gasteiger partial charge in [0, 0.05) is 12.1 Å². The Bertz CT molecular complexity index is 1510. The number of carboxylic acid groups (broad SMARTS) is 1. The highest BCUT2D eigenvalue weighted by atomic mass is 32.2. The molecule has 1 aliphatic rings. The summed E-state index contributed by atoms with van der Waals surface area (Å²) in [5, 5.41) is 9.62. The molecule has 0 radical (unpaired) electrons. The van der Waals surface area contributed by atoms with Crippen LogP contribution in [0.5, 0.6) is 0 Å². The van der Waals surface area contributed by atoms with Crippen LogP contribution in [-0.2, 0) is 27.4 Å². The molecular weight excluding hydrogens is 510 g/mol. The van der Waals surface area contributed by atoms with Crippen LogP contribution < -0.4 is 4.31 Å². The number of nitrogens with zero attached hydrogens (tertiary/aromatic N) is 1. The van der Waals surface area contributed by atoms with Crippen LogP contribution in [0.2, 0.25) is 0 Å². The molecule has 10 heteroatoms. The van der Waals surface area contributed by atoms with Gasteiger partial charge in [-0.2, -0.15) is 13.2 Å². The fourth-order valence-electron chi connectivity index (χ4n) is 4.48. The standard InChI is InChI=1S/C27H23F4NO4S/c1-16-5-3-6-21(11-16)37(35,36)32-15-20(26(33)34)14-19-10-9-18(13-24(19)32)12-17(2)25-22(27(29,30)31)7-4-8-23(25)28/h3-13,20H,14-15H2,1-2H3,(H,33,34)/b17-12+. The second kappa shape index (κ2) is 9.66. The van der Waals surface area contributed by atoms with Crippen LogP contribution in [0.4, 0.5) is 23.2 Å². The van der Waals surface area contributed by atoms with Gasteiger partial charge in [-0.05, 0) is 72.9 Å². The van der Waals surface area contributed by atoms with Gasteiger partial charge < -0.3 is 5.11 Å². The number of aryl methyl sites for hydroxylation is 1. The van der Waals surface area contributed by atoms with E-state index in [1.165, 1.54) is 37.3 Å². The summed E-state index contributed by atoms with van der Waals surface area (Å²) in [7, 11) is -4.15. The van der Waals surface area contributed by atoms with Gasteiger partial charge in [-0.25, -0.2) is 12.8 Å². The van der Waals surface area contributed by atoms with E-state index in [1.807, 2.05) is 0 Å². The predicted molar refractivity (Wildman–Crippen MR) is 132 cm³/mol. The van der Waals surface area contributed by atoms with Crippen LogP contribution in [0, 0.1) is 18.7 Å². The van der Waals surface area contributed by atoms with E-state index in [9.17, 15) is 35.9 Å². The van der Waals surface area contributed by atoms with Gasteiger partial charge in [0.05, 0.1) is 22.1 Å². The number of anilines is 1. The monoisotopic (exact) mass is 533 g/mol. The molecule has 0 fully saturated rings. The Morgan fingerprint density at radius 1 is 1.08 bits per heavy atom. The molecule has 0 saturated carbocycles. The molecule has 0 bridgehead atoms. The number of hydrogen-bond acceptors (Lipinski definition) is 3. The van der Waals surface area contributed by atoms with E-state index >= 15 is 0 Å². The minimum absolute atomic E-state index is 0.00214. The van der Waals surface area contributed by atoms with Crippen molar-refractivity contribution in [2.24, 2.45) is 5.92 Å². The fraction of sp³-hybridized carbons (Fsp3) is 0.222. The van der Waals surface area contributed by atoms with Crippen LogP contribution in [0.25, 0.3) is 11.6 Å². The summed E-state index contributed by atoms with van der Waals surface area (Å²) >= 11 is 0. The maximum atomic E-state index is 14.5. The summed E-state index contributed by atoms with van der Waals surface area (Å²) in [6.45, 7) is 2.76. The van der Waals surface area contributed by atoms with Gasteiger partial charge in [0.2, 0.25) is 0 Å². The van der Waals surface area contributed by atoms with E-state index < -0.39 is 45.0 Å². The number of sulfonamides is 1. The first-order valence-corrected chi connectivity index (χ1v) is 12.7. The Kier molecular flexibility index (Phi) is 6.89. The number of rotatable bonds is 5. The topological polar surface area (TPSA) is 74.7 Å². The van der Waals surface area contributed by atoms with Crippen molar-refractivity contribution >= 4 is 33.3 Å². The summed E-state index contributed by atoms with van der Waals surface area (Å²) in [5.41, 5.74) is 0.0149. The van der Waals surface area contributed by atoms with Gasteiger partial charge in [0.15, 0.2) is 0 Å². The number of halogens is 4. The zero-order chi connectivity index (χ0) is 27.1. The minimum atomic E-state index is -4.77. The molecule has 0 spiro atoms. The normalized spacial score (nSPS) is 16.4. The van der Waals surface area contributed by atoms with E-state index in [4.69, 9.17) is 0 Å². The lowest BCUT2D eigenvalue weighted by molar-refractivity contribution is -0.141. The first-order valence-electron chi connectivity index (χ1n) is 11.3. The Morgan fingerprint density at radius 2 is 1.78 bits per heavy atom. The molecule has 4 rings (SSSR count). The number of fused-ring (bicyclic) bond motifs is 1. The molecule has 37 heavy (non-hydrogen) atoms. The van der Waals surface area contributed by atoms with E-state index in [0.29, 0.717) is 16.7 Å². The number of carboxylic acids is 1. The molecule has 3 aromatic carbocycles. The molecule has 194 valence electrons. The lowest BCUT2D eigenvalue weighted by Crippen LogP contribution is -2.42. The summed E-state index contributed by atoms with van der Waals surface area (Å²) in [6, 6.07) is 13.5. The molecular formula is C27H23F4NO4S. The Balaban J connectivity index is 1.84. The second-order valence-electron chi connectivity index (χ2n) is 8.97. The lowest BCUT2D eigenvalue weighted by atomic mass is 9.92. The van der Waals surface area contributed by atoms with Crippen molar-refractivity contribution in [3.05, 3.63) is 94.3 Å². The van der Waals surface area contributed by atoms with Gasteiger partial charge in [-0.1, -0.05) is 36.4 Å². The van der Waals surface area contributed by atoms with Crippen molar-refractivity contribution < 1.29 is 35.9 Å². The van der Waals surface area contributed by atoms with Crippen molar-refractivity contribution in [1.82, 2.24) is 0 Å². The number of aliphatic carboxylic acids is 1. The Labute approximate surface area is 211 Å². The van der Waals surface area contributed by atoms with E-state index in [1.54, 1.807) is 25.1 Å². The minimum Gasteiger partial charge on any atom is -0.481 e. The molecule has 1 N–H and O–H groups in total. The molecule has 3 aromatic rings. The molecule has 0 amide bonds. The van der Waals surface area contributed by atoms with Gasteiger partial charge in [-0.3, -0.25) is 9.10 Å². The molecule has 1 aliphatic heterocycles. The largest absolute Gasteiger partial charge is 0.481 e. The molecule has 1 atom stereocenters. The molecule has 1 heterocycles. The highest BCUT2D eigenvalue weighted by molar-refractivity contribution is 7.92. The van der Waals surface area contributed by atoms with Crippen molar-refractivity contribution in [2.45, 2.75) is 31.3 Å². The number of carbonyl (C=O) groups is 1. The Morgan fingerprint density at radius 3 is 2.43 bits per heavy atom. The lowest BCUT2D eigenvalue weighted by Gasteiger charge is -2.34. The maximum absolute atomic E-state index is 14.5. The number of allylic oxidation sites excluding steroid dienone is 1. The van der Waals surface area contributed by atoms with Crippen molar-refractivity contribution in [3.8, 4) is 0 Å². The molecule has 0 saturated heterocycles. The number of hydrogen-bond donors (Lipinski definition) is 1. The van der Waals surface area contributed by atoms with Crippen LogP contribution in [0.1, 0.15) is 34.7 Å². The van der Waals surface area contributed by atoms with E-state index in [2.05, 4.69) is 0 Å². The SMILES string of the molecule is C/C(=C\c1ccc2c(c1)N(S(=O)(=O)c1cccc(C)c1)CC(C(=O)O)C2)c1c(F)cccc1C(F)(F)F. The predicted octanol–water partition coefficient (Wildman–Crippen LogP) is 6.17. The van der Waals surface area contributed by atoms with Gasteiger partial charge in [0.1, 0.15) is 5.82 Å². The summed E-state index contributed by atoms with van der Waals surface area (Å²) < 4.78 is 83.2. The Hall–Kier alpha value is -3.66. The van der Waals surface area contributed by atoms with E-state index in [-0.39, 0.29) is 29.1 Å². The molecule has 0 aliphatic carbocycles. The van der Waals surface area contributed by atoms with Crippen LogP contribution in [0.3, 0.4) is 0 Å². The smallest absolute Gasteiger partial charge is 0.417 e. The average Bonchev–Trinajstić information content (AvgIpc) is 2.82. The van der Waals surface area contributed by atoms with Crippen molar-refractivity contribution in [2.75, 3.05) is 10.8 Å². The average molecular weight is 534 g/mol. The first kappa shape index (κ1) is 26.4. The zero-order valence-corrected chi connectivity index (χ0v) is 20.7. The third kappa shape index (κ3) is 5.24. The first-order chi connectivity index (χ1) is 17.3. The summed E-state index contributed by atoms with van der Waals surface area (Å²) in [4.78, 5) is 11.8. The molecule has 0 aromatic heterocycles. The second-order valence-corrected chi connectivity index (χ2v) is 10.8. The summed E-state index contributed by atoms with van der Waals surface area (Å²) in [5.74, 6) is -3.16. The van der Waals surface area contributed by atoms with Gasteiger partial charge >= 0.3 is 12.1 Å². The van der Waals surface area contributed by atoms with Crippen molar-refractivity contribution in [1.29, 1.82) is 0 Å². The van der Waals surface area contributed by atoms with Gasteiger partial charge in [0.25, 0.3) is 10.0 Å². The highest BCUT2D eigenvalue weighted by Gasteiger charge is 2.37. The number of benzene rings is 3. The zero-order valence-electron chi connectivity index (χ0n) is 19.9. The third-order valence-corrected chi connectivity index (χ3v) is 8.03. The summed E-state index contributed by atoms with van der Waals surface area (Å²) in [6.07, 6.45) is -3.35. The van der Waals surface area contributed by atoms with Crippen LogP contribution in [0.15, 0.2) is 65.6 Å². The van der Waals surface area contributed by atoms with Crippen LogP contribution >= 0.6 is 0 Å². The maximum Gasteiger partial charge on any atom is 0.417 e. The third-order valence-electron chi connectivity index (χ3n) is 6.25. The number of alkyl halides is 3. The van der Waals surface area contributed by atoms with Crippen LogP contribution in [-0.4, -0.2) is 26.0 Å². The quantitative estimate of drug-likeness (QED) is 0.315. The highest BCUT2D eigenvalue weighted by Crippen LogP contribution is 2.39. The van der Waals surface area contributed by atoms with Gasteiger partial charge in [-0.15, -0.1) is 0 Å². The molecule has 1 unspecified atom stereocenters.